The number of sulfonamides is 1. The van der Waals surface area contributed by atoms with Crippen LogP contribution in [0, 0.1) is 0 Å². The highest BCUT2D eigenvalue weighted by Crippen LogP contribution is 2.27. The molecule has 0 saturated carbocycles. The van der Waals surface area contributed by atoms with E-state index < -0.39 is 10.0 Å². The maximum absolute atomic E-state index is 12.3. The van der Waals surface area contributed by atoms with Crippen LogP contribution in [-0.2, 0) is 10.0 Å². The van der Waals surface area contributed by atoms with Crippen LogP contribution in [0.1, 0.15) is 12.8 Å². The second-order valence-electron chi connectivity index (χ2n) is 3.99. The SMILES string of the molecule is Nc1cccnc1S(=O)(=O)N1CCCC1CO. The Kier molecular flexibility index (Phi) is 3.32. The summed E-state index contributed by atoms with van der Waals surface area (Å²) >= 11 is 0. The number of anilines is 1. The van der Waals surface area contributed by atoms with Crippen molar-refractivity contribution in [2.24, 2.45) is 0 Å². The minimum atomic E-state index is -3.69. The minimum Gasteiger partial charge on any atom is -0.396 e. The van der Waals surface area contributed by atoms with Crippen LogP contribution in [0.5, 0.6) is 0 Å². The maximum Gasteiger partial charge on any atom is 0.262 e. The van der Waals surface area contributed by atoms with E-state index in [0.717, 1.165) is 6.42 Å². The molecule has 0 spiro atoms. The molecule has 17 heavy (non-hydrogen) atoms. The fourth-order valence-corrected chi connectivity index (χ4v) is 3.75. The highest BCUT2D eigenvalue weighted by Gasteiger charge is 2.36. The summed E-state index contributed by atoms with van der Waals surface area (Å²) in [5.41, 5.74) is 5.77. The Hall–Kier alpha value is -1.18. The lowest BCUT2D eigenvalue weighted by atomic mass is 10.2. The molecule has 2 rings (SSSR count). The van der Waals surface area contributed by atoms with Gasteiger partial charge in [-0.1, -0.05) is 0 Å². The molecule has 1 aromatic heterocycles. The number of nitrogens with zero attached hydrogens (tertiary/aromatic N) is 2. The predicted molar refractivity (Wildman–Crippen MR) is 62.6 cm³/mol. The van der Waals surface area contributed by atoms with Gasteiger partial charge in [0.05, 0.1) is 12.3 Å². The number of pyridine rings is 1. The van der Waals surface area contributed by atoms with Gasteiger partial charge in [-0.05, 0) is 25.0 Å². The highest BCUT2D eigenvalue weighted by molar-refractivity contribution is 7.89. The van der Waals surface area contributed by atoms with Gasteiger partial charge in [-0.3, -0.25) is 0 Å². The van der Waals surface area contributed by atoms with Gasteiger partial charge >= 0.3 is 0 Å². The molecule has 1 aliphatic heterocycles. The first-order valence-corrected chi connectivity index (χ1v) is 6.84. The number of aromatic nitrogens is 1. The average molecular weight is 257 g/mol. The zero-order valence-corrected chi connectivity index (χ0v) is 10.1. The summed E-state index contributed by atoms with van der Waals surface area (Å²) in [6.45, 7) is 0.232. The maximum atomic E-state index is 12.3. The molecule has 3 N–H and O–H groups in total. The summed E-state index contributed by atoms with van der Waals surface area (Å²) in [6, 6.07) is 2.73. The van der Waals surface area contributed by atoms with Gasteiger partial charge in [-0.2, -0.15) is 4.31 Å². The van der Waals surface area contributed by atoms with Crippen molar-refractivity contribution in [3.63, 3.8) is 0 Å². The topological polar surface area (TPSA) is 96.5 Å². The van der Waals surface area contributed by atoms with Gasteiger partial charge in [0, 0.05) is 18.8 Å². The number of hydrogen-bond acceptors (Lipinski definition) is 5. The molecular formula is C10H15N3O3S. The first kappa shape index (κ1) is 12.3. The molecule has 2 heterocycles. The fraction of sp³-hybridized carbons (Fsp3) is 0.500. The summed E-state index contributed by atoms with van der Waals surface area (Å²) in [7, 11) is -3.69. The van der Waals surface area contributed by atoms with E-state index in [2.05, 4.69) is 4.98 Å². The number of nitrogen functional groups attached to an aromatic ring is 1. The average Bonchev–Trinajstić information content (AvgIpc) is 2.78. The second kappa shape index (κ2) is 4.59. The Morgan fingerprint density at radius 2 is 2.35 bits per heavy atom. The van der Waals surface area contributed by atoms with E-state index in [0.29, 0.717) is 13.0 Å². The van der Waals surface area contributed by atoms with Crippen molar-refractivity contribution in [1.82, 2.24) is 9.29 Å². The van der Waals surface area contributed by atoms with E-state index >= 15 is 0 Å². The van der Waals surface area contributed by atoms with Crippen molar-refractivity contribution in [2.75, 3.05) is 18.9 Å². The molecular weight excluding hydrogens is 242 g/mol. The third-order valence-corrected chi connectivity index (χ3v) is 4.82. The van der Waals surface area contributed by atoms with E-state index in [1.54, 1.807) is 6.07 Å². The Labute approximate surface area is 100 Å². The minimum absolute atomic E-state index is 0.125. The van der Waals surface area contributed by atoms with Gasteiger partial charge in [0.2, 0.25) is 0 Å². The lowest BCUT2D eigenvalue weighted by Crippen LogP contribution is -2.38. The Morgan fingerprint density at radius 1 is 1.59 bits per heavy atom. The smallest absolute Gasteiger partial charge is 0.262 e. The van der Waals surface area contributed by atoms with Crippen molar-refractivity contribution in [3.05, 3.63) is 18.3 Å². The molecule has 0 bridgehead atoms. The first-order valence-electron chi connectivity index (χ1n) is 5.40. The zero-order valence-electron chi connectivity index (χ0n) is 9.28. The summed E-state index contributed by atoms with van der Waals surface area (Å²) in [4.78, 5) is 3.83. The zero-order chi connectivity index (χ0) is 12.5. The molecule has 1 unspecified atom stereocenters. The van der Waals surface area contributed by atoms with Gasteiger partial charge in [-0.25, -0.2) is 13.4 Å². The van der Waals surface area contributed by atoms with E-state index in [1.165, 1.54) is 16.6 Å². The van der Waals surface area contributed by atoms with Gasteiger partial charge in [0.25, 0.3) is 10.0 Å². The van der Waals surface area contributed by atoms with E-state index in [-0.39, 0.29) is 23.4 Å². The Balaban J connectivity index is 2.40. The second-order valence-corrected chi connectivity index (χ2v) is 5.80. The molecule has 1 atom stereocenters. The van der Waals surface area contributed by atoms with Crippen molar-refractivity contribution >= 4 is 15.7 Å². The first-order chi connectivity index (χ1) is 8.07. The molecule has 94 valence electrons. The molecule has 0 amide bonds. The number of hydrogen-bond donors (Lipinski definition) is 2. The van der Waals surface area contributed by atoms with E-state index in [9.17, 15) is 8.42 Å². The third-order valence-electron chi connectivity index (χ3n) is 2.89. The standard InChI is InChI=1S/C10H15N3O3S/c11-9-4-1-5-12-10(9)17(15,16)13-6-2-3-8(13)7-14/h1,4-5,8,14H,2-3,6-7,11H2. The van der Waals surface area contributed by atoms with Crippen molar-refractivity contribution in [3.8, 4) is 0 Å². The van der Waals surface area contributed by atoms with Crippen molar-refractivity contribution in [2.45, 2.75) is 23.9 Å². The van der Waals surface area contributed by atoms with Crippen molar-refractivity contribution < 1.29 is 13.5 Å². The van der Waals surface area contributed by atoms with E-state index in [4.69, 9.17) is 10.8 Å². The number of aliphatic hydroxyl groups is 1. The van der Waals surface area contributed by atoms with Crippen LogP contribution >= 0.6 is 0 Å². The predicted octanol–water partition coefficient (Wildman–Crippen LogP) is -0.191. The Bertz CT molecular complexity index is 503. The molecule has 1 aliphatic rings. The molecule has 0 radical (unpaired) electrons. The van der Waals surface area contributed by atoms with Crippen LogP contribution in [0.25, 0.3) is 0 Å². The monoisotopic (exact) mass is 257 g/mol. The van der Waals surface area contributed by atoms with Crippen molar-refractivity contribution in [1.29, 1.82) is 0 Å². The normalized spacial score (nSPS) is 21.8. The summed E-state index contributed by atoms with van der Waals surface area (Å²) in [5, 5.41) is 9.03. The number of aliphatic hydroxyl groups excluding tert-OH is 1. The molecule has 6 nitrogen and oxygen atoms in total. The fourth-order valence-electron chi connectivity index (χ4n) is 2.04. The largest absolute Gasteiger partial charge is 0.396 e. The van der Waals surface area contributed by atoms with E-state index in [1.807, 2.05) is 0 Å². The Morgan fingerprint density at radius 3 is 3.00 bits per heavy atom. The molecule has 7 heteroatoms. The van der Waals surface area contributed by atoms with Crippen LogP contribution in [0.4, 0.5) is 5.69 Å². The summed E-state index contributed by atoms with van der Waals surface area (Å²) in [6.07, 6.45) is 2.81. The van der Waals surface area contributed by atoms with Gasteiger partial charge < -0.3 is 10.8 Å². The molecule has 1 saturated heterocycles. The third kappa shape index (κ3) is 2.13. The van der Waals surface area contributed by atoms with Gasteiger partial charge in [0.15, 0.2) is 5.03 Å². The lowest BCUT2D eigenvalue weighted by molar-refractivity contribution is 0.213. The van der Waals surface area contributed by atoms with Crippen LogP contribution in [0.15, 0.2) is 23.4 Å². The van der Waals surface area contributed by atoms with Crippen LogP contribution in [0.2, 0.25) is 0 Å². The summed E-state index contributed by atoms with van der Waals surface area (Å²) in [5.74, 6) is 0. The molecule has 0 aromatic carbocycles. The van der Waals surface area contributed by atoms with Crippen LogP contribution in [-0.4, -0.2) is 42.0 Å². The number of nitrogens with two attached hydrogens (primary N) is 1. The van der Waals surface area contributed by atoms with Gasteiger partial charge in [0.1, 0.15) is 0 Å². The molecule has 1 aromatic rings. The highest BCUT2D eigenvalue weighted by atomic mass is 32.2. The van der Waals surface area contributed by atoms with Gasteiger partial charge in [-0.15, -0.1) is 0 Å². The number of rotatable bonds is 3. The molecule has 0 aliphatic carbocycles. The van der Waals surface area contributed by atoms with Crippen LogP contribution in [0.3, 0.4) is 0 Å². The quantitative estimate of drug-likeness (QED) is 0.782. The summed E-state index contributed by atoms with van der Waals surface area (Å²) < 4.78 is 25.9. The lowest BCUT2D eigenvalue weighted by Gasteiger charge is -2.22. The molecule has 1 fully saturated rings. The van der Waals surface area contributed by atoms with Crippen LogP contribution < -0.4 is 5.73 Å².